The zero-order valence-corrected chi connectivity index (χ0v) is 13.3. The van der Waals surface area contributed by atoms with E-state index in [0.29, 0.717) is 11.8 Å². The van der Waals surface area contributed by atoms with E-state index in [4.69, 9.17) is 4.74 Å². The lowest BCUT2D eigenvalue weighted by Gasteiger charge is -2.35. The van der Waals surface area contributed by atoms with Crippen molar-refractivity contribution in [1.82, 2.24) is 14.8 Å². The number of hydrogen-bond acceptors (Lipinski definition) is 3. The van der Waals surface area contributed by atoms with Crippen LogP contribution < -0.4 is 0 Å². The van der Waals surface area contributed by atoms with Crippen LogP contribution in [-0.2, 0) is 4.74 Å². The molecule has 122 valence electrons. The number of nitrogens with one attached hydrogen (secondary N) is 1. The Balaban J connectivity index is 1.36. The molecule has 0 radical (unpaired) electrons. The first kappa shape index (κ1) is 14.7. The van der Waals surface area contributed by atoms with Crippen molar-refractivity contribution in [2.45, 2.75) is 18.9 Å². The lowest BCUT2D eigenvalue weighted by Crippen LogP contribution is -2.50. The van der Waals surface area contributed by atoms with Crippen molar-refractivity contribution in [2.75, 3.05) is 39.3 Å². The van der Waals surface area contributed by atoms with Gasteiger partial charge in [0.25, 0.3) is 5.91 Å². The molecule has 5 nitrogen and oxygen atoms in total. The number of hydrogen-bond donors (Lipinski definition) is 1. The fraction of sp³-hybridized carbons (Fsp3) is 0.500. The summed E-state index contributed by atoms with van der Waals surface area (Å²) >= 11 is 0. The summed E-state index contributed by atoms with van der Waals surface area (Å²) in [5, 5.41) is 1.09. The molecule has 1 amide bonds. The number of amides is 1. The Morgan fingerprint density at radius 2 is 2.04 bits per heavy atom. The Kier molecular flexibility index (Phi) is 4.06. The van der Waals surface area contributed by atoms with Gasteiger partial charge in [-0.15, -0.1) is 0 Å². The molecular weight excluding hydrogens is 290 g/mol. The van der Waals surface area contributed by atoms with Crippen LogP contribution in [0.4, 0.5) is 0 Å². The van der Waals surface area contributed by atoms with E-state index < -0.39 is 0 Å². The molecular formula is C18H23N3O2. The molecule has 5 heteroatoms. The number of carbonyl (C=O) groups excluding carboxylic acids is 1. The predicted molar refractivity (Wildman–Crippen MR) is 89.6 cm³/mol. The van der Waals surface area contributed by atoms with Crippen molar-refractivity contribution in [2.24, 2.45) is 0 Å². The Hall–Kier alpha value is -1.85. The zero-order valence-electron chi connectivity index (χ0n) is 13.3. The molecule has 1 unspecified atom stereocenters. The maximum absolute atomic E-state index is 12.7. The fourth-order valence-electron chi connectivity index (χ4n) is 3.57. The van der Waals surface area contributed by atoms with Crippen molar-refractivity contribution < 1.29 is 9.53 Å². The fourth-order valence-corrected chi connectivity index (χ4v) is 3.57. The van der Waals surface area contributed by atoms with Crippen LogP contribution in [0.15, 0.2) is 30.3 Å². The highest BCUT2D eigenvalue weighted by molar-refractivity contribution is 5.98. The third-order valence-corrected chi connectivity index (χ3v) is 4.91. The van der Waals surface area contributed by atoms with Crippen molar-refractivity contribution in [3.05, 3.63) is 36.0 Å². The molecule has 2 fully saturated rings. The Morgan fingerprint density at radius 3 is 2.78 bits per heavy atom. The number of rotatable bonds is 3. The molecule has 1 atom stereocenters. The van der Waals surface area contributed by atoms with E-state index in [1.165, 1.54) is 12.8 Å². The number of aromatic amines is 1. The average Bonchev–Trinajstić information content (AvgIpc) is 3.24. The highest BCUT2D eigenvalue weighted by Crippen LogP contribution is 2.18. The number of benzene rings is 1. The average molecular weight is 313 g/mol. The SMILES string of the molecule is O=C(c1cc2ccccc2[nH]1)N1CCN(CC2CCCO2)CC1. The van der Waals surface area contributed by atoms with Crippen LogP contribution >= 0.6 is 0 Å². The summed E-state index contributed by atoms with van der Waals surface area (Å²) in [4.78, 5) is 20.3. The van der Waals surface area contributed by atoms with E-state index in [2.05, 4.69) is 9.88 Å². The predicted octanol–water partition coefficient (Wildman–Crippen LogP) is 2.10. The molecule has 1 aromatic heterocycles. The van der Waals surface area contributed by atoms with Gasteiger partial charge in [-0.1, -0.05) is 18.2 Å². The van der Waals surface area contributed by atoms with Gasteiger partial charge >= 0.3 is 0 Å². The van der Waals surface area contributed by atoms with Gasteiger partial charge in [-0.3, -0.25) is 9.69 Å². The Bertz CT molecular complexity index is 649. The first-order valence-corrected chi connectivity index (χ1v) is 8.50. The van der Waals surface area contributed by atoms with Gasteiger partial charge < -0.3 is 14.6 Å². The van der Waals surface area contributed by atoms with Gasteiger partial charge in [0.1, 0.15) is 5.69 Å². The third kappa shape index (κ3) is 3.12. The minimum absolute atomic E-state index is 0.109. The number of nitrogens with zero attached hydrogens (tertiary/aromatic N) is 2. The number of aromatic nitrogens is 1. The van der Waals surface area contributed by atoms with Crippen molar-refractivity contribution in [3.63, 3.8) is 0 Å². The first-order chi connectivity index (χ1) is 11.3. The minimum Gasteiger partial charge on any atom is -0.377 e. The van der Waals surface area contributed by atoms with Gasteiger partial charge in [-0.2, -0.15) is 0 Å². The summed E-state index contributed by atoms with van der Waals surface area (Å²) in [5.41, 5.74) is 1.71. The van der Waals surface area contributed by atoms with E-state index in [0.717, 1.165) is 50.2 Å². The van der Waals surface area contributed by atoms with Gasteiger partial charge in [-0.25, -0.2) is 0 Å². The van der Waals surface area contributed by atoms with E-state index in [1.807, 2.05) is 35.2 Å². The summed E-state index contributed by atoms with van der Waals surface area (Å²) in [6.45, 7) is 5.37. The van der Waals surface area contributed by atoms with Gasteiger partial charge in [-0.05, 0) is 25.0 Å². The molecule has 0 spiro atoms. The molecule has 0 aliphatic carbocycles. The normalized spacial score (nSPS) is 22.8. The molecule has 2 aromatic rings. The second-order valence-electron chi connectivity index (χ2n) is 6.50. The monoisotopic (exact) mass is 313 g/mol. The van der Waals surface area contributed by atoms with Crippen molar-refractivity contribution >= 4 is 16.8 Å². The third-order valence-electron chi connectivity index (χ3n) is 4.91. The lowest BCUT2D eigenvalue weighted by atomic mass is 10.2. The lowest BCUT2D eigenvalue weighted by molar-refractivity contribution is 0.0430. The summed E-state index contributed by atoms with van der Waals surface area (Å²) in [6, 6.07) is 9.97. The van der Waals surface area contributed by atoms with E-state index in [-0.39, 0.29) is 5.91 Å². The van der Waals surface area contributed by atoms with E-state index in [1.54, 1.807) is 0 Å². The number of para-hydroxylation sites is 1. The van der Waals surface area contributed by atoms with Gasteiger partial charge in [0.15, 0.2) is 0 Å². The van der Waals surface area contributed by atoms with Crippen LogP contribution in [0.25, 0.3) is 10.9 Å². The summed E-state index contributed by atoms with van der Waals surface area (Å²) < 4.78 is 5.71. The molecule has 0 saturated carbocycles. The molecule has 3 heterocycles. The largest absolute Gasteiger partial charge is 0.377 e. The topological polar surface area (TPSA) is 48.6 Å². The Labute approximate surface area is 136 Å². The van der Waals surface area contributed by atoms with Gasteiger partial charge in [0.2, 0.25) is 0 Å². The summed E-state index contributed by atoms with van der Waals surface area (Å²) in [5.74, 6) is 0.109. The molecule has 2 aliphatic rings. The van der Waals surface area contributed by atoms with E-state index >= 15 is 0 Å². The second-order valence-corrected chi connectivity index (χ2v) is 6.50. The van der Waals surface area contributed by atoms with Crippen LogP contribution in [0, 0.1) is 0 Å². The highest BCUT2D eigenvalue weighted by atomic mass is 16.5. The molecule has 4 rings (SSSR count). The molecule has 2 aliphatic heterocycles. The van der Waals surface area contributed by atoms with Crippen molar-refractivity contribution in [3.8, 4) is 0 Å². The number of ether oxygens (including phenoxy) is 1. The molecule has 23 heavy (non-hydrogen) atoms. The number of carbonyl (C=O) groups is 1. The van der Waals surface area contributed by atoms with Crippen LogP contribution in [0.2, 0.25) is 0 Å². The molecule has 1 N–H and O–H groups in total. The van der Waals surface area contributed by atoms with Crippen LogP contribution in [0.1, 0.15) is 23.3 Å². The number of H-pyrrole nitrogens is 1. The Morgan fingerprint density at radius 1 is 1.22 bits per heavy atom. The van der Waals surface area contributed by atoms with Crippen LogP contribution in [-0.4, -0.2) is 66.1 Å². The number of piperazine rings is 1. The highest BCUT2D eigenvalue weighted by Gasteiger charge is 2.26. The molecule has 1 aromatic carbocycles. The van der Waals surface area contributed by atoms with Crippen LogP contribution in [0.3, 0.4) is 0 Å². The zero-order chi connectivity index (χ0) is 15.6. The molecule has 2 saturated heterocycles. The van der Waals surface area contributed by atoms with Crippen LogP contribution in [0.5, 0.6) is 0 Å². The maximum atomic E-state index is 12.7. The quantitative estimate of drug-likeness (QED) is 0.944. The second kappa shape index (κ2) is 6.34. The van der Waals surface area contributed by atoms with E-state index in [9.17, 15) is 4.79 Å². The first-order valence-electron chi connectivity index (χ1n) is 8.50. The summed E-state index contributed by atoms with van der Waals surface area (Å²) in [6.07, 6.45) is 2.75. The maximum Gasteiger partial charge on any atom is 0.270 e. The standard InChI is InChI=1S/C18H23N3O2/c22-18(17-12-14-4-1-2-6-16(14)19-17)21-9-7-20(8-10-21)13-15-5-3-11-23-15/h1-2,4,6,12,15,19H,3,5,7-11,13H2. The summed E-state index contributed by atoms with van der Waals surface area (Å²) in [7, 11) is 0. The molecule has 0 bridgehead atoms. The van der Waals surface area contributed by atoms with Crippen molar-refractivity contribution in [1.29, 1.82) is 0 Å². The minimum atomic E-state index is 0.109. The van der Waals surface area contributed by atoms with Gasteiger partial charge in [0, 0.05) is 50.2 Å². The van der Waals surface area contributed by atoms with Gasteiger partial charge in [0.05, 0.1) is 6.10 Å². The smallest absolute Gasteiger partial charge is 0.270 e. The number of fused-ring (bicyclic) bond motifs is 1.